The van der Waals surface area contributed by atoms with E-state index >= 15 is 0 Å². The standard InChI is InChI=1S/C22H18N2O4/c23-21-24-22(12-26-21,17-7-8-19-20(11-17)28-13-27-19)16-5-1-3-14(9-16)15-4-2-6-18(25)10-15/h1-11,25H,12-13H2,(H2,23,24). The number of aromatic hydroxyl groups is 1. The molecule has 3 aromatic rings. The summed E-state index contributed by atoms with van der Waals surface area (Å²) in [5.41, 5.74) is 8.85. The topological polar surface area (TPSA) is 86.3 Å². The van der Waals surface area contributed by atoms with E-state index in [1.54, 1.807) is 12.1 Å². The minimum absolute atomic E-state index is 0.153. The normalized spacial score (nSPS) is 19.9. The number of ether oxygens (including phenoxy) is 3. The van der Waals surface area contributed by atoms with Crippen LogP contribution in [0.4, 0.5) is 0 Å². The third-order valence-electron chi connectivity index (χ3n) is 5.10. The molecule has 0 amide bonds. The van der Waals surface area contributed by atoms with Crippen molar-refractivity contribution in [3.8, 4) is 28.4 Å². The fourth-order valence-electron chi connectivity index (χ4n) is 3.69. The van der Waals surface area contributed by atoms with Crippen molar-refractivity contribution < 1.29 is 19.3 Å². The molecule has 0 saturated carbocycles. The van der Waals surface area contributed by atoms with Gasteiger partial charge in [0.1, 0.15) is 12.4 Å². The van der Waals surface area contributed by atoms with Gasteiger partial charge in [-0.2, -0.15) is 0 Å². The average Bonchev–Trinajstić information content (AvgIpc) is 3.34. The molecule has 0 bridgehead atoms. The minimum atomic E-state index is -0.780. The van der Waals surface area contributed by atoms with Crippen molar-refractivity contribution >= 4 is 6.02 Å². The van der Waals surface area contributed by atoms with Crippen LogP contribution in [0.15, 0.2) is 71.7 Å². The largest absolute Gasteiger partial charge is 0.508 e. The summed E-state index contributed by atoms with van der Waals surface area (Å²) in [5, 5.41) is 9.82. The monoisotopic (exact) mass is 374 g/mol. The Hall–Kier alpha value is -3.67. The first-order valence-electron chi connectivity index (χ1n) is 8.92. The summed E-state index contributed by atoms with van der Waals surface area (Å²) in [6, 6.07) is 21.1. The van der Waals surface area contributed by atoms with E-state index in [0.29, 0.717) is 18.1 Å². The van der Waals surface area contributed by atoms with Gasteiger partial charge in [0.15, 0.2) is 17.0 Å². The van der Waals surface area contributed by atoms with Crippen LogP contribution in [0.25, 0.3) is 11.1 Å². The van der Waals surface area contributed by atoms with Crippen molar-refractivity contribution in [3.05, 3.63) is 77.9 Å². The highest BCUT2D eigenvalue weighted by Gasteiger charge is 2.41. The first-order chi connectivity index (χ1) is 13.6. The third kappa shape index (κ3) is 2.62. The lowest BCUT2D eigenvalue weighted by atomic mass is 9.83. The van der Waals surface area contributed by atoms with Crippen LogP contribution in [-0.2, 0) is 10.3 Å². The number of hydrogen-bond donors (Lipinski definition) is 2. The lowest BCUT2D eigenvalue weighted by molar-refractivity contribution is 0.174. The van der Waals surface area contributed by atoms with E-state index in [1.807, 2.05) is 54.6 Å². The molecule has 2 heterocycles. The predicted molar refractivity (Wildman–Crippen MR) is 104 cm³/mol. The second-order valence-electron chi connectivity index (χ2n) is 6.80. The van der Waals surface area contributed by atoms with Crippen LogP contribution in [0.3, 0.4) is 0 Å². The van der Waals surface area contributed by atoms with Crippen molar-refractivity contribution in [1.29, 1.82) is 0 Å². The lowest BCUT2D eigenvalue weighted by Gasteiger charge is -2.26. The zero-order valence-corrected chi connectivity index (χ0v) is 15.0. The Morgan fingerprint density at radius 1 is 0.821 bits per heavy atom. The Kier molecular flexibility index (Phi) is 3.65. The summed E-state index contributed by atoms with van der Waals surface area (Å²) < 4.78 is 16.5. The van der Waals surface area contributed by atoms with Gasteiger partial charge in [0.2, 0.25) is 6.79 Å². The molecule has 3 aromatic carbocycles. The Morgan fingerprint density at radius 3 is 2.36 bits per heavy atom. The van der Waals surface area contributed by atoms with Crippen molar-refractivity contribution in [2.24, 2.45) is 10.7 Å². The van der Waals surface area contributed by atoms with Gasteiger partial charge in [-0.05, 0) is 52.6 Å². The molecular formula is C22H18N2O4. The quantitative estimate of drug-likeness (QED) is 0.734. The summed E-state index contributed by atoms with van der Waals surface area (Å²) >= 11 is 0. The number of rotatable bonds is 3. The van der Waals surface area contributed by atoms with Gasteiger partial charge in [-0.1, -0.05) is 36.4 Å². The van der Waals surface area contributed by atoms with Gasteiger partial charge in [-0.3, -0.25) is 0 Å². The van der Waals surface area contributed by atoms with E-state index in [4.69, 9.17) is 19.9 Å². The van der Waals surface area contributed by atoms with Gasteiger partial charge in [0.25, 0.3) is 6.02 Å². The number of nitrogens with zero attached hydrogens (tertiary/aromatic N) is 1. The number of fused-ring (bicyclic) bond motifs is 1. The zero-order chi connectivity index (χ0) is 19.1. The number of nitrogens with two attached hydrogens (primary N) is 1. The van der Waals surface area contributed by atoms with Crippen molar-refractivity contribution in [1.82, 2.24) is 0 Å². The van der Waals surface area contributed by atoms with Crippen LogP contribution < -0.4 is 15.2 Å². The van der Waals surface area contributed by atoms with Crippen LogP contribution in [0.2, 0.25) is 0 Å². The first kappa shape index (κ1) is 16.5. The molecule has 2 aliphatic rings. The van der Waals surface area contributed by atoms with Gasteiger partial charge in [0, 0.05) is 0 Å². The molecule has 0 fully saturated rings. The molecule has 3 N–H and O–H groups in total. The summed E-state index contributed by atoms with van der Waals surface area (Å²) in [6.07, 6.45) is 0. The van der Waals surface area contributed by atoms with Crippen LogP contribution >= 0.6 is 0 Å². The van der Waals surface area contributed by atoms with Crippen molar-refractivity contribution in [2.45, 2.75) is 5.54 Å². The van der Waals surface area contributed by atoms with Gasteiger partial charge in [-0.25, -0.2) is 4.99 Å². The molecule has 2 aliphatic heterocycles. The van der Waals surface area contributed by atoms with E-state index in [9.17, 15) is 5.11 Å². The van der Waals surface area contributed by atoms with Crippen molar-refractivity contribution in [2.75, 3.05) is 13.4 Å². The van der Waals surface area contributed by atoms with E-state index < -0.39 is 5.54 Å². The van der Waals surface area contributed by atoms with Crippen LogP contribution in [-0.4, -0.2) is 24.5 Å². The highest BCUT2D eigenvalue weighted by Crippen LogP contribution is 2.43. The number of phenolic OH excluding ortho intramolecular Hbond substituents is 1. The molecule has 6 nitrogen and oxygen atoms in total. The molecule has 1 atom stereocenters. The number of aliphatic imine (C=N–C) groups is 1. The molecule has 0 radical (unpaired) electrons. The maximum Gasteiger partial charge on any atom is 0.283 e. The van der Waals surface area contributed by atoms with Gasteiger partial charge >= 0.3 is 0 Å². The van der Waals surface area contributed by atoms with E-state index in [2.05, 4.69) is 4.99 Å². The Balaban J connectivity index is 1.65. The molecular weight excluding hydrogens is 356 g/mol. The molecule has 140 valence electrons. The van der Waals surface area contributed by atoms with Gasteiger partial charge in [0.05, 0.1) is 0 Å². The molecule has 0 spiro atoms. The Bertz CT molecular complexity index is 1100. The summed E-state index contributed by atoms with van der Waals surface area (Å²) in [6.45, 7) is 0.503. The fraction of sp³-hybridized carbons (Fsp3) is 0.136. The molecule has 1 unspecified atom stereocenters. The highest BCUT2D eigenvalue weighted by molar-refractivity contribution is 5.76. The predicted octanol–water partition coefficient (Wildman–Crippen LogP) is 3.38. The lowest BCUT2D eigenvalue weighted by Crippen LogP contribution is -2.27. The maximum absolute atomic E-state index is 9.82. The molecule has 0 aromatic heterocycles. The van der Waals surface area contributed by atoms with E-state index in [0.717, 1.165) is 22.3 Å². The molecule has 5 rings (SSSR count). The highest BCUT2D eigenvalue weighted by atomic mass is 16.7. The Morgan fingerprint density at radius 2 is 1.57 bits per heavy atom. The smallest absolute Gasteiger partial charge is 0.283 e. The minimum Gasteiger partial charge on any atom is -0.508 e. The zero-order valence-electron chi connectivity index (χ0n) is 15.0. The summed E-state index contributed by atoms with van der Waals surface area (Å²) in [4.78, 5) is 4.66. The number of hydrogen-bond acceptors (Lipinski definition) is 6. The first-order valence-corrected chi connectivity index (χ1v) is 8.92. The molecule has 0 saturated heterocycles. The van der Waals surface area contributed by atoms with E-state index in [1.165, 1.54) is 0 Å². The molecule has 0 aliphatic carbocycles. The summed E-state index contributed by atoms with van der Waals surface area (Å²) in [7, 11) is 0. The third-order valence-corrected chi connectivity index (χ3v) is 5.10. The Labute approximate surface area is 161 Å². The van der Waals surface area contributed by atoms with Crippen LogP contribution in [0.1, 0.15) is 11.1 Å². The fourth-order valence-corrected chi connectivity index (χ4v) is 3.69. The average molecular weight is 374 g/mol. The number of amidine groups is 1. The SMILES string of the molecule is NC1=NC(c2cccc(-c3cccc(O)c3)c2)(c2ccc3c(c2)OCO3)CO1. The van der Waals surface area contributed by atoms with Gasteiger partial charge in [-0.15, -0.1) is 0 Å². The maximum atomic E-state index is 9.82. The van der Waals surface area contributed by atoms with E-state index in [-0.39, 0.29) is 18.6 Å². The molecule has 6 heteroatoms. The van der Waals surface area contributed by atoms with Crippen LogP contribution in [0.5, 0.6) is 17.2 Å². The van der Waals surface area contributed by atoms with Gasteiger partial charge < -0.3 is 25.1 Å². The van der Waals surface area contributed by atoms with Crippen molar-refractivity contribution in [3.63, 3.8) is 0 Å². The second kappa shape index (κ2) is 6.20. The number of benzene rings is 3. The summed E-state index contributed by atoms with van der Waals surface area (Å²) in [5.74, 6) is 1.62. The van der Waals surface area contributed by atoms with Crippen LogP contribution in [0, 0.1) is 0 Å². The molecule has 28 heavy (non-hydrogen) atoms. The second-order valence-corrected chi connectivity index (χ2v) is 6.80. The number of phenols is 1.